The molecule has 4 rings (SSSR count). The van der Waals surface area contributed by atoms with Crippen LogP contribution in [-0.2, 0) is 16.5 Å². The number of rotatable bonds is 7. The van der Waals surface area contributed by atoms with Crippen LogP contribution in [0.5, 0.6) is 23.0 Å². The molecule has 0 heterocycles. The number of benzene rings is 4. The van der Waals surface area contributed by atoms with Gasteiger partial charge in [0.25, 0.3) is 0 Å². The Hall–Kier alpha value is -4.17. The van der Waals surface area contributed by atoms with E-state index in [0.29, 0.717) is 11.1 Å². The topological polar surface area (TPSA) is 174 Å². The number of aliphatic imine (C=N–C) groups is 2. The summed E-state index contributed by atoms with van der Waals surface area (Å²) in [6.45, 7) is 0. The van der Waals surface area contributed by atoms with Crippen molar-refractivity contribution >= 4 is 12.4 Å². The monoisotopic (exact) mass is 544 g/mol. The molecule has 9 heteroatoms. The third-order valence-corrected chi connectivity index (χ3v) is 5.32. The second-order valence-corrected chi connectivity index (χ2v) is 7.71. The van der Waals surface area contributed by atoms with Crippen LogP contribution in [0, 0.1) is 0 Å². The Morgan fingerprint density at radius 1 is 0.568 bits per heavy atom. The molecule has 0 fully saturated rings. The third-order valence-electron chi connectivity index (χ3n) is 5.32. The summed E-state index contributed by atoms with van der Waals surface area (Å²) in [6.07, 6.45) is 2.98. The van der Waals surface area contributed by atoms with Gasteiger partial charge in [-0.3, -0.25) is 9.98 Å². The van der Waals surface area contributed by atoms with Gasteiger partial charge in [-0.15, -0.1) is 0 Å². The van der Waals surface area contributed by atoms with Crippen LogP contribution in [0.25, 0.3) is 0 Å². The first-order valence-electron chi connectivity index (χ1n) is 10.7. The van der Waals surface area contributed by atoms with Crippen LogP contribution in [0.2, 0.25) is 0 Å². The molecule has 4 aromatic carbocycles. The predicted octanol–water partition coefficient (Wildman–Crippen LogP) is 2.61. The zero-order valence-corrected chi connectivity index (χ0v) is 20.5. The Labute approximate surface area is 224 Å². The van der Waals surface area contributed by atoms with E-state index in [9.17, 15) is 20.4 Å². The molecule has 0 aliphatic heterocycles. The number of nitrogens with zero attached hydrogens (tertiary/aromatic N) is 2. The van der Waals surface area contributed by atoms with Crippen molar-refractivity contribution in [1.29, 1.82) is 0 Å². The van der Waals surface area contributed by atoms with Crippen molar-refractivity contribution in [2.75, 3.05) is 0 Å². The molecule has 37 heavy (non-hydrogen) atoms. The Kier molecular flexibility index (Phi) is 12.0. The van der Waals surface area contributed by atoms with Gasteiger partial charge in [0.15, 0.2) is 0 Å². The Balaban J connectivity index is 0.00000228. The number of hydrogen-bond acceptors (Lipinski definition) is 6. The van der Waals surface area contributed by atoms with E-state index in [-0.39, 0.29) is 50.4 Å². The Morgan fingerprint density at radius 3 is 1.24 bits per heavy atom. The van der Waals surface area contributed by atoms with Crippen LogP contribution < -0.4 is 10.2 Å². The number of phenols is 2. The van der Waals surface area contributed by atoms with Gasteiger partial charge in [-0.2, -0.15) is 0 Å². The van der Waals surface area contributed by atoms with Gasteiger partial charge >= 0.3 is 16.5 Å². The largest absolute Gasteiger partial charge is 2.00 e. The molecule has 4 aromatic rings. The first-order chi connectivity index (χ1) is 16.5. The molecule has 0 saturated carbocycles. The van der Waals surface area contributed by atoms with Crippen molar-refractivity contribution in [3.63, 3.8) is 0 Å². The second-order valence-electron chi connectivity index (χ2n) is 7.71. The maximum absolute atomic E-state index is 12.3. The SMILES string of the molecule is O.O.[Ni+2].[O-]c1cc(O)ccc1C=N[C@H](c1ccccc1)[C@@H](N=Cc1ccc(O)cc1[O-])c1ccccc1. The zero-order valence-electron chi connectivity index (χ0n) is 19.5. The van der Waals surface area contributed by atoms with Crippen LogP contribution in [0.1, 0.15) is 34.3 Å². The van der Waals surface area contributed by atoms with Crippen LogP contribution in [0.15, 0.2) is 107 Å². The van der Waals surface area contributed by atoms with Crippen molar-refractivity contribution < 1.29 is 47.9 Å². The zero-order chi connectivity index (χ0) is 23.9. The molecular formula is C28H26N2NiO6. The van der Waals surface area contributed by atoms with E-state index in [0.717, 1.165) is 23.3 Å². The van der Waals surface area contributed by atoms with E-state index >= 15 is 0 Å². The van der Waals surface area contributed by atoms with E-state index in [4.69, 9.17) is 9.98 Å². The summed E-state index contributed by atoms with van der Waals surface area (Å²) in [4.78, 5) is 9.48. The summed E-state index contributed by atoms with van der Waals surface area (Å²) in [5, 5.41) is 43.6. The van der Waals surface area contributed by atoms with Gasteiger partial charge in [-0.05, 0) is 46.5 Å². The van der Waals surface area contributed by atoms with Crippen LogP contribution in [-0.4, -0.2) is 33.6 Å². The van der Waals surface area contributed by atoms with Crippen molar-refractivity contribution in [1.82, 2.24) is 0 Å². The molecule has 2 atom stereocenters. The van der Waals surface area contributed by atoms with Crippen LogP contribution in [0.3, 0.4) is 0 Å². The quantitative estimate of drug-likeness (QED) is 0.269. The maximum Gasteiger partial charge on any atom is 2.00 e. The molecule has 194 valence electrons. The minimum absolute atomic E-state index is 0. The fourth-order valence-electron chi connectivity index (χ4n) is 3.58. The molecule has 0 unspecified atom stereocenters. The summed E-state index contributed by atoms with van der Waals surface area (Å²) >= 11 is 0. The first kappa shape index (κ1) is 30.9. The van der Waals surface area contributed by atoms with Gasteiger partial charge in [0, 0.05) is 12.4 Å². The summed E-state index contributed by atoms with van der Waals surface area (Å²) in [5.41, 5.74) is 2.44. The molecule has 0 saturated heterocycles. The third kappa shape index (κ3) is 7.91. The molecule has 0 aromatic heterocycles. The molecule has 0 radical (unpaired) electrons. The number of aromatic hydroxyl groups is 2. The van der Waals surface area contributed by atoms with Gasteiger partial charge < -0.3 is 31.4 Å². The van der Waals surface area contributed by atoms with Crippen LogP contribution in [0.4, 0.5) is 0 Å². The Morgan fingerprint density at radius 2 is 0.919 bits per heavy atom. The molecule has 0 spiro atoms. The van der Waals surface area contributed by atoms with Gasteiger partial charge in [0.1, 0.15) is 23.6 Å². The Bertz CT molecular complexity index is 1210. The average Bonchev–Trinajstić information content (AvgIpc) is 2.84. The molecule has 0 aliphatic rings. The van der Waals surface area contributed by atoms with Crippen molar-refractivity contribution in [3.05, 3.63) is 119 Å². The second kappa shape index (κ2) is 14.4. The normalized spacial score (nSPS) is 12.2. The van der Waals surface area contributed by atoms with E-state index in [1.165, 1.54) is 36.7 Å². The fourth-order valence-corrected chi connectivity index (χ4v) is 3.58. The average molecular weight is 545 g/mol. The summed E-state index contributed by atoms with van der Waals surface area (Å²) in [7, 11) is 0. The van der Waals surface area contributed by atoms with Gasteiger partial charge in [-0.1, -0.05) is 84.3 Å². The number of phenolic OH excluding ortho intramolecular Hbond substituents is 2. The standard InChI is InChI=1S/C28H24N2O4.Ni.2H2O/c31-23-13-11-21(25(33)15-23)17-29-27(19-7-3-1-4-8-19)28(20-9-5-2-6-10-20)30-18-22-12-14-24(32)16-26(22)34;;;/h1-18,27-28,31-34H;;2*1H2/q;+2;;/p-2/t27-,28+;;;. The summed E-state index contributed by atoms with van der Waals surface area (Å²) in [5.74, 6) is -0.877. The molecule has 0 bridgehead atoms. The molecule has 0 aliphatic carbocycles. The molecule has 0 amide bonds. The molecule has 6 N–H and O–H groups in total. The summed E-state index contributed by atoms with van der Waals surface area (Å²) in [6, 6.07) is 26.3. The smallest absolute Gasteiger partial charge is 0.872 e. The predicted molar refractivity (Wildman–Crippen MR) is 136 cm³/mol. The van der Waals surface area contributed by atoms with Crippen molar-refractivity contribution in [2.45, 2.75) is 12.1 Å². The molecular weight excluding hydrogens is 519 g/mol. The van der Waals surface area contributed by atoms with E-state index in [1.807, 2.05) is 60.7 Å². The van der Waals surface area contributed by atoms with Gasteiger partial charge in [0.05, 0.1) is 0 Å². The van der Waals surface area contributed by atoms with Gasteiger partial charge in [0.2, 0.25) is 0 Å². The summed E-state index contributed by atoms with van der Waals surface area (Å²) < 4.78 is 0. The van der Waals surface area contributed by atoms with E-state index in [1.54, 1.807) is 0 Å². The first-order valence-corrected chi connectivity index (χ1v) is 10.7. The maximum atomic E-state index is 12.3. The minimum Gasteiger partial charge on any atom is -0.872 e. The molecule has 8 nitrogen and oxygen atoms in total. The fraction of sp³-hybridized carbons (Fsp3) is 0.0714. The van der Waals surface area contributed by atoms with Gasteiger partial charge in [-0.25, -0.2) is 0 Å². The van der Waals surface area contributed by atoms with Crippen LogP contribution >= 0.6 is 0 Å². The van der Waals surface area contributed by atoms with E-state index < -0.39 is 12.1 Å². The number of hydrogen-bond donors (Lipinski definition) is 2. The van der Waals surface area contributed by atoms with Crippen molar-refractivity contribution in [2.24, 2.45) is 9.98 Å². The minimum atomic E-state index is -0.500. The van der Waals surface area contributed by atoms with E-state index in [2.05, 4.69) is 0 Å². The van der Waals surface area contributed by atoms with Crippen molar-refractivity contribution in [3.8, 4) is 23.0 Å².